The summed E-state index contributed by atoms with van der Waals surface area (Å²) in [5, 5.41) is 0. The second-order valence-corrected chi connectivity index (χ2v) is 5.69. The number of carbonyl (C=O) groups excluding carboxylic acids is 1. The first kappa shape index (κ1) is 15.6. The van der Waals surface area contributed by atoms with E-state index in [1.807, 2.05) is 24.3 Å². The second kappa shape index (κ2) is 8.46. The molecule has 1 aliphatic heterocycles. The highest BCUT2D eigenvalue weighted by Gasteiger charge is 2.29. The van der Waals surface area contributed by atoms with Crippen LogP contribution in [0.3, 0.4) is 0 Å². The fourth-order valence-corrected chi connectivity index (χ4v) is 2.21. The minimum absolute atomic E-state index is 0.109. The van der Waals surface area contributed by atoms with Crippen molar-refractivity contribution in [2.75, 3.05) is 0 Å². The molecule has 0 bridgehead atoms. The topological polar surface area (TPSA) is 26.3 Å². The molecule has 1 saturated carbocycles. The molecule has 2 nitrogen and oxygen atoms in total. The summed E-state index contributed by atoms with van der Waals surface area (Å²) in [6.07, 6.45) is 24.3. The number of cyclic esters (lactones) is 1. The van der Waals surface area contributed by atoms with E-state index in [0.29, 0.717) is 0 Å². The van der Waals surface area contributed by atoms with Gasteiger partial charge in [0.05, 0.1) is 0 Å². The van der Waals surface area contributed by atoms with Crippen molar-refractivity contribution in [3.63, 3.8) is 0 Å². The molecule has 112 valence electrons. The standard InChI is InChI=1S/C19H24O2/c1-16-15-17(16)11-8-6-4-2-3-5-7-9-12-18-13-10-14-19(20)21-18/h4-12,14,16-18H,2-3,13,15H2,1H3/b6-4+,7-5+,11-8+,12-9+/t16-,17-,18-/m1/s1. The lowest BCUT2D eigenvalue weighted by Gasteiger charge is -2.13. The summed E-state index contributed by atoms with van der Waals surface area (Å²) in [5.41, 5.74) is 0. The van der Waals surface area contributed by atoms with Crippen molar-refractivity contribution in [2.45, 2.75) is 38.7 Å². The number of carbonyl (C=O) groups is 1. The molecule has 0 radical (unpaired) electrons. The van der Waals surface area contributed by atoms with Crippen LogP contribution in [0.1, 0.15) is 32.6 Å². The Morgan fingerprint density at radius 1 is 1.14 bits per heavy atom. The van der Waals surface area contributed by atoms with Gasteiger partial charge in [-0.15, -0.1) is 0 Å². The van der Waals surface area contributed by atoms with E-state index in [2.05, 4.69) is 37.3 Å². The maximum atomic E-state index is 11.0. The van der Waals surface area contributed by atoms with Crippen molar-refractivity contribution >= 4 is 5.97 Å². The molecule has 3 atom stereocenters. The van der Waals surface area contributed by atoms with E-state index >= 15 is 0 Å². The smallest absolute Gasteiger partial charge is 0.331 e. The molecule has 2 aliphatic rings. The number of allylic oxidation sites excluding steroid dienone is 7. The van der Waals surface area contributed by atoms with Crippen LogP contribution in [0.25, 0.3) is 0 Å². The first-order chi connectivity index (χ1) is 10.3. The van der Waals surface area contributed by atoms with Gasteiger partial charge in [0.2, 0.25) is 0 Å². The Balaban J connectivity index is 1.53. The molecule has 0 saturated heterocycles. The maximum Gasteiger partial charge on any atom is 0.331 e. The Morgan fingerprint density at radius 2 is 1.81 bits per heavy atom. The molecule has 0 unspecified atom stereocenters. The van der Waals surface area contributed by atoms with Crippen LogP contribution in [0.15, 0.2) is 60.8 Å². The average molecular weight is 284 g/mol. The van der Waals surface area contributed by atoms with Gasteiger partial charge in [0, 0.05) is 12.5 Å². The molecule has 21 heavy (non-hydrogen) atoms. The van der Waals surface area contributed by atoms with E-state index < -0.39 is 0 Å². The molecular formula is C19H24O2. The van der Waals surface area contributed by atoms with Gasteiger partial charge in [-0.05, 0) is 37.2 Å². The lowest BCUT2D eigenvalue weighted by Crippen LogP contribution is -2.17. The lowest BCUT2D eigenvalue weighted by atomic mass is 10.2. The highest BCUT2D eigenvalue weighted by atomic mass is 16.5. The Morgan fingerprint density at radius 3 is 2.43 bits per heavy atom. The molecule has 1 aliphatic carbocycles. The number of ether oxygens (including phenoxy) is 1. The van der Waals surface area contributed by atoms with Crippen LogP contribution in [0, 0.1) is 11.8 Å². The fourth-order valence-electron chi connectivity index (χ4n) is 2.21. The van der Waals surface area contributed by atoms with Gasteiger partial charge in [0.25, 0.3) is 0 Å². The molecular weight excluding hydrogens is 260 g/mol. The Kier molecular flexibility index (Phi) is 6.26. The number of rotatable bonds is 7. The lowest BCUT2D eigenvalue weighted by molar-refractivity contribution is -0.141. The van der Waals surface area contributed by atoms with Crippen LogP contribution < -0.4 is 0 Å². The Hall–Kier alpha value is -1.83. The predicted molar refractivity (Wildman–Crippen MR) is 86.7 cm³/mol. The van der Waals surface area contributed by atoms with E-state index in [1.54, 1.807) is 0 Å². The van der Waals surface area contributed by atoms with Crippen molar-refractivity contribution < 1.29 is 9.53 Å². The summed E-state index contributed by atoms with van der Waals surface area (Å²) in [5.74, 6) is 1.46. The van der Waals surface area contributed by atoms with Gasteiger partial charge in [-0.25, -0.2) is 4.79 Å². The maximum absolute atomic E-state index is 11.0. The van der Waals surface area contributed by atoms with Gasteiger partial charge < -0.3 is 4.74 Å². The van der Waals surface area contributed by atoms with Gasteiger partial charge >= 0.3 is 5.97 Å². The summed E-state index contributed by atoms with van der Waals surface area (Å²) >= 11 is 0. The molecule has 2 rings (SSSR count). The zero-order chi connectivity index (χ0) is 14.9. The SMILES string of the molecule is C[C@@H]1C[C@H]1/C=C/C=C/CC/C=C/C=C/[C@@H]1CC=CC(=O)O1. The quantitative estimate of drug-likeness (QED) is 0.390. The first-order valence-electron chi connectivity index (χ1n) is 7.79. The highest BCUT2D eigenvalue weighted by Crippen LogP contribution is 2.38. The van der Waals surface area contributed by atoms with Crippen LogP contribution >= 0.6 is 0 Å². The monoisotopic (exact) mass is 284 g/mol. The minimum Gasteiger partial charge on any atom is -0.455 e. The normalized spacial score (nSPS) is 29.2. The third kappa shape index (κ3) is 6.44. The second-order valence-electron chi connectivity index (χ2n) is 5.69. The third-order valence-electron chi connectivity index (χ3n) is 3.74. The molecule has 2 heteroatoms. The zero-order valence-corrected chi connectivity index (χ0v) is 12.7. The molecule has 0 aromatic carbocycles. The Labute approximate surface area is 127 Å². The van der Waals surface area contributed by atoms with E-state index in [4.69, 9.17) is 4.74 Å². The van der Waals surface area contributed by atoms with Crippen LogP contribution in [-0.4, -0.2) is 12.1 Å². The van der Waals surface area contributed by atoms with Crippen molar-refractivity contribution in [1.82, 2.24) is 0 Å². The van der Waals surface area contributed by atoms with Gasteiger partial charge in [-0.2, -0.15) is 0 Å². The molecule has 0 N–H and O–H groups in total. The van der Waals surface area contributed by atoms with Gasteiger partial charge in [0.1, 0.15) is 6.10 Å². The van der Waals surface area contributed by atoms with Crippen molar-refractivity contribution in [3.8, 4) is 0 Å². The van der Waals surface area contributed by atoms with E-state index in [9.17, 15) is 4.79 Å². The number of unbranched alkanes of at least 4 members (excludes halogenated alkanes) is 1. The summed E-state index contributed by atoms with van der Waals surface area (Å²) in [6.45, 7) is 2.29. The van der Waals surface area contributed by atoms with Gasteiger partial charge in [0.15, 0.2) is 0 Å². The highest BCUT2D eigenvalue weighted by molar-refractivity contribution is 5.82. The van der Waals surface area contributed by atoms with Crippen LogP contribution in [-0.2, 0) is 9.53 Å². The number of esters is 1. The minimum atomic E-state index is -0.251. The summed E-state index contributed by atoms with van der Waals surface area (Å²) in [6, 6.07) is 0. The Bertz CT molecular complexity index is 480. The fraction of sp³-hybridized carbons (Fsp3) is 0.421. The van der Waals surface area contributed by atoms with Crippen molar-refractivity contribution in [1.29, 1.82) is 0 Å². The molecule has 1 heterocycles. The predicted octanol–water partition coefficient (Wildman–Crippen LogP) is 4.52. The van der Waals surface area contributed by atoms with Crippen molar-refractivity contribution in [2.24, 2.45) is 11.8 Å². The number of hydrogen-bond donors (Lipinski definition) is 0. The van der Waals surface area contributed by atoms with Crippen molar-refractivity contribution in [3.05, 3.63) is 60.8 Å². The zero-order valence-electron chi connectivity index (χ0n) is 12.7. The molecule has 0 amide bonds. The van der Waals surface area contributed by atoms with E-state index in [0.717, 1.165) is 31.1 Å². The third-order valence-corrected chi connectivity index (χ3v) is 3.74. The molecule has 0 aromatic rings. The summed E-state index contributed by atoms with van der Waals surface area (Å²) in [4.78, 5) is 11.0. The largest absolute Gasteiger partial charge is 0.455 e. The van der Waals surface area contributed by atoms with E-state index in [1.165, 1.54) is 12.5 Å². The first-order valence-corrected chi connectivity index (χ1v) is 7.79. The van der Waals surface area contributed by atoms with Crippen LogP contribution in [0.2, 0.25) is 0 Å². The average Bonchev–Trinajstić information content (AvgIpc) is 3.17. The van der Waals surface area contributed by atoms with Crippen LogP contribution in [0.5, 0.6) is 0 Å². The molecule has 0 aromatic heterocycles. The summed E-state index contributed by atoms with van der Waals surface area (Å²) < 4.78 is 5.12. The van der Waals surface area contributed by atoms with Crippen LogP contribution in [0.4, 0.5) is 0 Å². The molecule has 0 spiro atoms. The van der Waals surface area contributed by atoms with E-state index in [-0.39, 0.29) is 12.1 Å². The van der Waals surface area contributed by atoms with Gasteiger partial charge in [-0.1, -0.05) is 55.5 Å². The van der Waals surface area contributed by atoms with Gasteiger partial charge in [-0.3, -0.25) is 0 Å². The number of hydrogen-bond acceptors (Lipinski definition) is 2. The summed E-state index contributed by atoms with van der Waals surface area (Å²) in [7, 11) is 0. The molecule has 1 fully saturated rings.